The molecule has 110 valence electrons. The van der Waals surface area contributed by atoms with Crippen molar-refractivity contribution < 1.29 is 14.4 Å². The van der Waals surface area contributed by atoms with E-state index in [1.54, 1.807) is 4.90 Å². The van der Waals surface area contributed by atoms with Crippen LogP contribution in [0.15, 0.2) is 28.8 Å². The second-order valence-corrected chi connectivity index (χ2v) is 5.41. The van der Waals surface area contributed by atoms with Gasteiger partial charge in [-0.25, -0.2) is 0 Å². The maximum absolute atomic E-state index is 11.1. The average Bonchev–Trinajstić information content (AvgIpc) is 3.19. The largest absolute Gasteiger partial charge is 0.480 e. The molecule has 6 heteroatoms. The van der Waals surface area contributed by atoms with Gasteiger partial charge in [0.25, 0.3) is 0 Å². The third kappa shape index (κ3) is 3.39. The Kier molecular flexibility index (Phi) is 3.60. The first-order valence-corrected chi connectivity index (χ1v) is 6.97. The fraction of sp³-hybridized carbons (Fsp3) is 0.400. The summed E-state index contributed by atoms with van der Waals surface area (Å²) in [7, 11) is 0. The molecule has 0 atom stereocenters. The maximum Gasteiger partial charge on any atom is 0.323 e. The van der Waals surface area contributed by atoms with Crippen molar-refractivity contribution in [3.8, 4) is 0 Å². The first-order valence-electron chi connectivity index (χ1n) is 6.97. The summed E-state index contributed by atoms with van der Waals surface area (Å²) < 4.78 is 5.23. The van der Waals surface area contributed by atoms with Crippen LogP contribution < -0.4 is 4.90 Å². The molecule has 0 saturated heterocycles. The Bertz CT molecular complexity index is 632. The molecule has 1 fully saturated rings. The number of benzene rings is 1. The van der Waals surface area contributed by atoms with Gasteiger partial charge in [0, 0.05) is 11.6 Å². The molecule has 0 unspecified atom stereocenters. The molecule has 0 aliphatic heterocycles. The van der Waals surface area contributed by atoms with Crippen LogP contribution in [0.5, 0.6) is 0 Å². The minimum atomic E-state index is -0.891. The number of aliphatic carboxylic acids is 1. The van der Waals surface area contributed by atoms with Crippen LogP contribution in [-0.2, 0) is 11.3 Å². The van der Waals surface area contributed by atoms with Gasteiger partial charge in [0.05, 0.1) is 6.54 Å². The molecule has 6 nitrogen and oxygen atoms in total. The Morgan fingerprint density at radius 2 is 2.10 bits per heavy atom. The van der Waals surface area contributed by atoms with Gasteiger partial charge >= 0.3 is 5.97 Å². The van der Waals surface area contributed by atoms with Crippen molar-refractivity contribution in [3.05, 3.63) is 41.5 Å². The smallest absolute Gasteiger partial charge is 0.323 e. The molecule has 1 N–H and O–H groups in total. The Balaban J connectivity index is 1.77. The predicted molar refractivity (Wildman–Crippen MR) is 76.1 cm³/mol. The van der Waals surface area contributed by atoms with Crippen molar-refractivity contribution in [1.29, 1.82) is 0 Å². The van der Waals surface area contributed by atoms with Crippen LogP contribution in [0.1, 0.15) is 36.0 Å². The van der Waals surface area contributed by atoms with Gasteiger partial charge in [-0.2, -0.15) is 4.98 Å². The zero-order valence-electron chi connectivity index (χ0n) is 11.8. The summed E-state index contributed by atoms with van der Waals surface area (Å²) in [6, 6.07) is 7.70. The zero-order valence-corrected chi connectivity index (χ0v) is 11.8. The molecule has 1 aromatic carbocycles. The van der Waals surface area contributed by atoms with Gasteiger partial charge in [0.2, 0.25) is 5.89 Å². The second-order valence-electron chi connectivity index (χ2n) is 5.41. The molecule has 3 rings (SSSR count). The van der Waals surface area contributed by atoms with Gasteiger partial charge in [0.1, 0.15) is 6.54 Å². The first-order chi connectivity index (χ1) is 10.1. The molecule has 21 heavy (non-hydrogen) atoms. The minimum absolute atomic E-state index is 0.107. The summed E-state index contributed by atoms with van der Waals surface area (Å²) in [6.45, 7) is 2.19. The van der Waals surface area contributed by atoms with Crippen LogP contribution in [-0.4, -0.2) is 27.8 Å². The number of carbonyl (C=O) groups is 1. The normalized spacial score (nSPS) is 14.1. The first kappa shape index (κ1) is 13.6. The van der Waals surface area contributed by atoms with E-state index in [0.717, 1.165) is 29.9 Å². The van der Waals surface area contributed by atoms with Gasteiger partial charge in [-0.05, 0) is 31.9 Å². The van der Waals surface area contributed by atoms with Crippen LogP contribution in [0.25, 0.3) is 0 Å². The van der Waals surface area contributed by atoms with Gasteiger partial charge in [-0.1, -0.05) is 22.9 Å². The lowest BCUT2D eigenvalue weighted by atomic mass is 10.2. The van der Waals surface area contributed by atoms with Gasteiger partial charge in [-0.3, -0.25) is 4.79 Å². The Morgan fingerprint density at radius 1 is 1.38 bits per heavy atom. The summed E-state index contributed by atoms with van der Waals surface area (Å²) >= 11 is 0. The number of rotatable bonds is 6. The summed E-state index contributed by atoms with van der Waals surface area (Å²) in [5, 5.41) is 13.0. The molecule has 1 aliphatic rings. The second kappa shape index (κ2) is 5.55. The van der Waals surface area contributed by atoms with E-state index in [9.17, 15) is 4.79 Å². The molecule has 0 amide bonds. The van der Waals surface area contributed by atoms with Crippen LogP contribution in [0, 0.1) is 6.92 Å². The van der Waals surface area contributed by atoms with Crippen molar-refractivity contribution in [2.24, 2.45) is 0 Å². The monoisotopic (exact) mass is 287 g/mol. The molecular weight excluding hydrogens is 270 g/mol. The molecule has 1 aromatic heterocycles. The molecule has 1 aliphatic carbocycles. The topological polar surface area (TPSA) is 79.5 Å². The standard InChI is InChI=1S/C15H17N3O3/c1-10-2-6-12(7-3-10)18(9-14(19)20)8-13-16-15(17-21-13)11-4-5-11/h2-3,6-7,11H,4-5,8-9H2,1H3,(H,19,20). The minimum Gasteiger partial charge on any atom is -0.480 e. The number of aromatic nitrogens is 2. The average molecular weight is 287 g/mol. The summed E-state index contributed by atoms with van der Waals surface area (Å²) in [5.74, 6) is 0.732. The third-order valence-corrected chi connectivity index (χ3v) is 3.48. The molecule has 1 saturated carbocycles. The lowest BCUT2D eigenvalue weighted by molar-refractivity contribution is -0.135. The van der Waals surface area contributed by atoms with E-state index in [1.165, 1.54) is 0 Å². The number of carboxylic acid groups (broad SMARTS) is 1. The van der Waals surface area contributed by atoms with E-state index in [1.807, 2.05) is 31.2 Å². The summed E-state index contributed by atoms with van der Waals surface area (Å²) in [5.41, 5.74) is 1.96. The van der Waals surface area contributed by atoms with E-state index in [4.69, 9.17) is 9.63 Å². The van der Waals surface area contributed by atoms with E-state index < -0.39 is 5.97 Å². The molecule has 0 radical (unpaired) electrons. The zero-order chi connectivity index (χ0) is 14.8. The number of hydrogen-bond donors (Lipinski definition) is 1. The number of aryl methyl sites for hydroxylation is 1. The van der Waals surface area contributed by atoms with E-state index >= 15 is 0 Å². The fourth-order valence-corrected chi connectivity index (χ4v) is 2.16. The number of anilines is 1. The fourth-order valence-electron chi connectivity index (χ4n) is 2.16. The quantitative estimate of drug-likeness (QED) is 0.878. The highest BCUT2D eigenvalue weighted by Gasteiger charge is 2.29. The number of hydrogen-bond acceptors (Lipinski definition) is 5. The number of nitrogens with zero attached hydrogens (tertiary/aromatic N) is 3. The van der Waals surface area contributed by atoms with Gasteiger partial charge in [0.15, 0.2) is 5.82 Å². The molecule has 0 spiro atoms. The van der Waals surface area contributed by atoms with Crippen LogP contribution in [0.2, 0.25) is 0 Å². The van der Waals surface area contributed by atoms with E-state index in [2.05, 4.69) is 10.1 Å². The van der Waals surface area contributed by atoms with Crippen LogP contribution in [0.4, 0.5) is 5.69 Å². The summed E-state index contributed by atoms with van der Waals surface area (Å²) in [4.78, 5) is 17.1. The highest BCUT2D eigenvalue weighted by Crippen LogP contribution is 2.38. The van der Waals surface area contributed by atoms with Crippen molar-refractivity contribution in [2.45, 2.75) is 32.2 Å². The maximum atomic E-state index is 11.1. The molecule has 1 heterocycles. The predicted octanol–water partition coefficient (Wildman–Crippen LogP) is 2.35. The van der Waals surface area contributed by atoms with Crippen LogP contribution >= 0.6 is 0 Å². The van der Waals surface area contributed by atoms with Crippen molar-refractivity contribution in [2.75, 3.05) is 11.4 Å². The molecule has 2 aromatic rings. The lowest BCUT2D eigenvalue weighted by Crippen LogP contribution is -2.29. The van der Waals surface area contributed by atoms with Crippen molar-refractivity contribution >= 4 is 11.7 Å². The van der Waals surface area contributed by atoms with Crippen LogP contribution in [0.3, 0.4) is 0 Å². The highest BCUT2D eigenvalue weighted by molar-refractivity contribution is 5.73. The molecule has 0 bridgehead atoms. The highest BCUT2D eigenvalue weighted by atomic mass is 16.5. The molecular formula is C15H17N3O3. The lowest BCUT2D eigenvalue weighted by Gasteiger charge is -2.20. The Hall–Kier alpha value is -2.37. The van der Waals surface area contributed by atoms with Gasteiger partial charge in [-0.15, -0.1) is 0 Å². The SMILES string of the molecule is Cc1ccc(N(CC(=O)O)Cc2nc(C3CC3)no2)cc1. The number of carboxylic acids is 1. The van der Waals surface area contributed by atoms with Gasteiger partial charge < -0.3 is 14.5 Å². The Labute approximate surface area is 122 Å². The third-order valence-electron chi connectivity index (χ3n) is 3.48. The van der Waals surface area contributed by atoms with Crippen molar-refractivity contribution in [3.63, 3.8) is 0 Å². The van der Waals surface area contributed by atoms with E-state index in [-0.39, 0.29) is 6.54 Å². The van der Waals surface area contributed by atoms with Crippen molar-refractivity contribution in [1.82, 2.24) is 10.1 Å². The van der Waals surface area contributed by atoms with E-state index in [0.29, 0.717) is 18.4 Å². The summed E-state index contributed by atoms with van der Waals surface area (Å²) in [6.07, 6.45) is 2.21. The Morgan fingerprint density at radius 3 is 2.71 bits per heavy atom.